The maximum Gasteiger partial charge on any atom is 0.273 e. The van der Waals surface area contributed by atoms with Crippen molar-refractivity contribution in [3.05, 3.63) is 212 Å². The number of carbonyl (C=O) groups excluding carboxylic acids is 10. The Bertz CT molecular complexity index is 6010. The summed E-state index contributed by atoms with van der Waals surface area (Å²) in [6.07, 6.45) is 28.1. The second-order valence-corrected chi connectivity index (χ2v) is 38.2. The van der Waals surface area contributed by atoms with E-state index in [0.717, 1.165) is 76.3 Å². The first-order chi connectivity index (χ1) is 64.4. The Morgan fingerprint density at radius 1 is 0.455 bits per heavy atom. The van der Waals surface area contributed by atoms with E-state index >= 15 is 0 Å². The minimum atomic E-state index is -1.06. The third-order valence-electron chi connectivity index (χ3n) is 28.5. The SMILES string of the molecule is NC(=O)c1nc[nH]c1C(=O)N(C1CC1)C1CCC2(CCCN(c3cc(F)c(F)cc3Cl)C2=O)CC1.O=C(NC1CCC2(CCCN(c3ccc(F)cc3Cl)C2=O)CC1)c1cnc2cccnn12.O=C(NC1CCC2(CCCN(c3ccc(F)cc3Cl)C2=O)CC1)c1cnn2cccnc12.O=C(NC1CCC2(CCCN(c3ccc(F)cc3Cl)C2=O)CC1)c1nc[nH]c1C(=O)N1CC(F)C1. The third-order valence-corrected chi connectivity index (χ3v) is 29.7. The summed E-state index contributed by atoms with van der Waals surface area (Å²) in [6, 6.07) is 19.4. The van der Waals surface area contributed by atoms with Crippen molar-refractivity contribution in [1.29, 1.82) is 0 Å². The number of anilines is 4. The van der Waals surface area contributed by atoms with E-state index in [-0.39, 0.29) is 133 Å². The van der Waals surface area contributed by atoms with E-state index in [4.69, 9.17) is 52.1 Å². The normalized spacial score (nSPS) is 24.2. The van der Waals surface area contributed by atoms with E-state index < -0.39 is 74.6 Å². The van der Waals surface area contributed by atoms with Crippen LogP contribution in [0.25, 0.3) is 11.3 Å². The first-order valence-electron chi connectivity index (χ1n) is 45.3. The van der Waals surface area contributed by atoms with Crippen molar-refractivity contribution < 1.29 is 74.3 Å². The fraction of sp³-hybridized carbons (Fsp3) is 0.447. The smallest absolute Gasteiger partial charge is 0.273 e. The van der Waals surface area contributed by atoms with Crippen LogP contribution >= 0.6 is 46.4 Å². The average Bonchev–Trinajstić information content (AvgIpc) is 1.08. The Balaban J connectivity index is 0.000000124. The molecule has 134 heavy (non-hydrogen) atoms. The van der Waals surface area contributed by atoms with Crippen LogP contribution < -0.4 is 41.3 Å². The van der Waals surface area contributed by atoms with Gasteiger partial charge in [-0.15, -0.1) is 0 Å². The largest absolute Gasteiger partial charge is 0.364 e. The van der Waals surface area contributed by atoms with E-state index in [9.17, 15) is 74.3 Å². The number of nitrogens with two attached hydrogens (primary N) is 1. The predicted octanol–water partition coefficient (Wildman–Crippen LogP) is 15.3. The van der Waals surface area contributed by atoms with E-state index in [0.29, 0.717) is 169 Å². The van der Waals surface area contributed by atoms with Crippen LogP contribution in [0.1, 0.15) is 230 Å². The number of alkyl halides is 1. The molecule has 4 aromatic carbocycles. The lowest BCUT2D eigenvalue weighted by Crippen LogP contribution is -2.53. The number of hydrogen-bond donors (Lipinski definition) is 6. The molecule has 4 spiro atoms. The number of rotatable bonds is 15. The van der Waals surface area contributed by atoms with Crippen LogP contribution in [0.2, 0.25) is 20.1 Å². The van der Waals surface area contributed by atoms with E-state index in [2.05, 4.69) is 56.1 Å². The standard InChI is InChI=1S/2C24H26ClF2N5O3.2C23H23ClFN5O2/c25-17-10-14(26)2-3-18(17)32-9-1-6-24(23(32)35)7-4-16(5-8-24)30-21(33)19-20(29-13-28-19)22(34)31-11-15(27)12-31;25-15-10-16(26)17(27)11-18(15)31-9-1-6-24(23(31)35)7-4-14(5-8-24)32(13-2-3-13)22(34)20-19(21(28)33)29-12-30-20;24-18-13-15(25)3-4-19(18)29-11-1-7-23(22(29)32)8-5-16(6-9-23)28-21(31)17-14-27-30-12-2-10-26-20(17)30;24-17-13-15(25)4-5-18(17)29-12-2-8-23(22(29)32)9-6-16(7-10-23)28-21(31)19-14-26-20-3-1-11-27-30(19)20/h2-3,10,13,15-16H,1,4-9,11-12H2,(H,28,29)(H,30,33);10-14H,1-9H2,(H2,28,33)(H,29,30);2-4,10,12-14,16H,1,5-9,11H2,(H,28,31);1,3-5,11,13-14,16H,2,6-10,12H2,(H,28,31). The number of aromatic amines is 2. The Labute approximate surface area is 785 Å². The van der Waals surface area contributed by atoms with Crippen LogP contribution in [0.5, 0.6) is 0 Å². The number of amides is 10. The van der Waals surface area contributed by atoms with Gasteiger partial charge in [0.25, 0.3) is 35.4 Å². The Morgan fingerprint density at radius 3 is 1.36 bits per heavy atom. The lowest BCUT2D eigenvalue weighted by molar-refractivity contribution is -0.133. The molecule has 40 heteroatoms. The minimum absolute atomic E-state index is 0.00157. The fourth-order valence-electron chi connectivity index (χ4n) is 21.1. The molecule has 10 amide bonds. The van der Waals surface area contributed by atoms with E-state index in [1.165, 1.54) is 81.8 Å². The molecule has 6 aromatic heterocycles. The molecule has 5 saturated carbocycles. The summed E-state index contributed by atoms with van der Waals surface area (Å²) in [6.45, 7) is 2.09. The van der Waals surface area contributed by atoms with Crippen molar-refractivity contribution in [1.82, 2.24) is 74.9 Å². The zero-order valence-corrected chi connectivity index (χ0v) is 75.9. The molecule has 5 aliphatic carbocycles. The number of H-pyrrole nitrogens is 2. The van der Waals surface area contributed by atoms with Gasteiger partial charge < -0.3 is 61.1 Å². The van der Waals surface area contributed by atoms with Crippen molar-refractivity contribution in [3.8, 4) is 0 Å². The van der Waals surface area contributed by atoms with Gasteiger partial charge in [-0.05, 0) is 246 Å². The molecular weight excluding hydrogens is 1820 g/mol. The summed E-state index contributed by atoms with van der Waals surface area (Å²) < 4.78 is 84.1. The molecule has 5 aliphatic heterocycles. The number of piperidine rings is 4. The number of halogens is 10. The van der Waals surface area contributed by atoms with E-state index in [1.54, 1.807) is 68.1 Å². The zero-order valence-electron chi connectivity index (χ0n) is 72.9. The van der Waals surface area contributed by atoms with Gasteiger partial charge in [0.2, 0.25) is 23.6 Å². The molecule has 10 fully saturated rings. The molecule has 0 unspecified atom stereocenters. The summed E-state index contributed by atoms with van der Waals surface area (Å²) in [4.78, 5) is 162. The second kappa shape index (κ2) is 39.1. The van der Waals surface area contributed by atoms with Crippen molar-refractivity contribution in [3.63, 3.8) is 0 Å². The van der Waals surface area contributed by atoms with Crippen LogP contribution in [0, 0.1) is 50.7 Å². The highest BCUT2D eigenvalue weighted by molar-refractivity contribution is 6.35. The number of nitrogens with zero attached hydrogens (tertiary/aromatic N) is 14. The molecule has 704 valence electrons. The number of fused-ring (bicyclic) bond motifs is 2. The van der Waals surface area contributed by atoms with E-state index in [1.807, 2.05) is 4.90 Å². The number of likely N-dealkylation sites (tertiary alicyclic amines) is 1. The highest BCUT2D eigenvalue weighted by Gasteiger charge is 2.53. The summed E-state index contributed by atoms with van der Waals surface area (Å²) in [7, 11) is 0. The molecule has 0 bridgehead atoms. The lowest BCUT2D eigenvalue weighted by atomic mass is 9.67. The Morgan fingerprint density at radius 2 is 0.888 bits per heavy atom. The number of aromatic nitrogens is 10. The first kappa shape index (κ1) is 93.8. The lowest BCUT2D eigenvalue weighted by Gasteiger charge is -2.47. The molecule has 0 radical (unpaired) electrons. The molecule has 10 aliphatic rings. The van der Waals surface area contributed by atoms with Gasteiger partial charge in [0.1, 0.15) is 46.3 Å². The maximum absolute atomic E-state index is 13.9. The molecule has 7 N–H and O–H groups in total. The quantitative estimate of drug-likeness (QED) is 0.0410. The second-order valence-electron chi connectivity index (χ2n) is 36.6. The molecule has 10 aromatic rings. The third kappa shape index (κ3) is 19.1. The maximum atomic E-state index is 13.9. The van der Waals surface area contributed by atoms with Gasteiger partial charge >= 0.3 is 0 Å². The highest BCUT2D eigenvalue weighted by atomic mass is 35.5. The van der Waals surface area contributed by atoms with Gasteiger partial charge in [0, 0.05) is 103 Å². The van der Waals surface area contributed by atoms with Crippen molar-refractivity contribution in [2.24, 2.45) is 27.4 Å². The van der Waals surface area contributed by atoms with Gasteiger partial charge in [-0.25, -0.2) is 55.3 Å². The predicted molar refractivity (Wildman–Crippen MR) is 485 cm³/mol. The molecule has 0 atom stereocenters. The molecule has 5 saturated heterocycles. The monoisotopic (exact) mass is 1920 g/mol. The van der Waals surface area contributed by atoms with Crippen LogP contribution in [-0.2, 0) is 19.2 Å². The van der Waals surface area contributed by atoms with Gasteiger partial charge in [0.05, 0.1) is 81.0 Å². The molecule has 30 nitrogen and oxygen atoms in total. The Hall–Kier alpha value is -12.0. The first-order valence-corrected chi connectivity index (χ1v) is 46.8. The number of imidazole rings is 3. The van der Waals surface area contributed by atoms with Crippen LogP contribution in [0.4, 0.5) is 49.1 Å². The van der Waals surface area contributed by atoms with Crippen molar-refractivity contribution in [2.75, 3.05) is 58.9 Å². The van der Waals surface area contributed by atoms with Gasteiger partial charge in [0.15, 0.2) is 34.3 Å². The van der Waals surface area contributed by atoms with Gasteiger partial charge in [-0.1, -0.05) is 46.4 Å². The number of hydrogen-bond acceptors (Lipinski definition) is 16. The number of primary amides is 1. The number of nitrogens with one attached hydrogen (secondary N) is 5. The van der Waals surface area contributed by atoms with Gasteiger partial charge in [-0.3, -0.25) is 47.9 Å². The molecular formula is C94H98Cl4F6N20O10. The number of benzene rings is 4. The fourth-order valence-corrected chi connectivity index (χ4v) is 22.2. The topological polar surface area (TPSA) is 370 Å². The van der Waals surface area contributed by atoms with Crippen LogP contribution in [0.15, 0.2) is 129 Å². The summed E-state index contributed by atoms with van der Waals surface area (Å²) >= 11 is 24.9. The highest BCUT2D eigenvalue weighted by Crippen LogP contribution is 2.52. The summed E-state index contributed by atoms with van der Waals surface area (Å²) in [5, 5.41) is 18.2. The molecule has 11 heterocycles. The molecule has 20 rings (SSSR count). The van der Waals surface area contributed by atoms with Crippen LogP contribution in [0.3, 0.4) is 0 Å². The van der Waals surface area contributed by atoms with Crippen molar-refractivity contribution >= 4 is 140 Å². The summed E-state index contributed by atoms with van der Waals surface area (Å²) in [5.74, 6) is -5.85. The zero-order chi connectivity index (χ0) is 94.2. The average molecular weight is 1920 g/mol. The Kier molecular flexibility index (Phi) is 27.4. The van der Waals surface area contributed by atoms with Gasteiger partial charge in [-0.2, -0.15) is 10.2 Å². The van der Waals surface area contributed by atoms with Crippen molar-refractivity contribution in [2.45, 2.75) is 203 Å². The number of carbonyl (C=O) groups is 10. The van der Waals surface area contributed by atoms with Crippen LogP contribution in [-0.4, -0.2) is 194 Å². The minimum Gasteiger partial charge on any atom is -0.364 e. The summed E-state index contributed by atoms with van der Waals surface area (Å²) in [5.41, 5.74) is 7.16.